The van der Waals surface area contributed by atoms with Crippen LogP contribution in [0.5, 0.6) is 0 Å². The number of carbonyl (C=O) groups excluding carboxylic acids is 1. The van der Waals surface area contributed by atoms with Gasteiger partial charge in [0.2, 0.25) is 0 Å². The number of hydrogen-bond donors (Lipinski definition) is 2. The van der Waals surface area contributed by atoms with Gasteiger partial charge in [-0.05, 0) is 25.1 Å². The highest BCUT2D eigenvalue weighted by Crippen LogP contribution is 2.16. The minimum absolute atomic E-state index is 0.116. The molecule has 2 aromatic rings. The monoisotopic (exact) mass is 257 g/mol. The molecule has 0 aliphatic carbocycles. The van der Waals surface area contributed by atoms with Gasteiger partial charge in [-0.25, -0.2) is 9.59 Å². The number of H-pyrrole nitrogens is 1. The van der Waals surface area contributed by atoms with Crippen LogP contribution in [0.25, 0.3) is 10.9 Å². The number of carboxylic acid groups (broad SMARTS) is 1. The molecule has 19 heavy (non-hydrogen) atoms. The van der Waals surface area contributed by atoms with E-state index < -0.39 is 11.9 Å². The van der Waals surface area contributed by atoms with Gasteiger partial charge < -0.3 is 14.8 Å². The van der Waals surface area contributed by atoms with E-state index in [2.05, 4.69) is 21.6 Å². The average molecular weight is 257 g/mol. The molecule has 0 aliphatic heterocycles. The number of carboxylic acids is 1. The molecule has 0 amide bonds. The van der Waals surface area contributed by atoms with Crippen molar-refractivity contribution in [1.82, 2.24) is 4.98 Å². The fourth-order valence-corrected chi connectivity index (χ4v) is 1.61. The number of rotatable bonds is 2. The Labute approximate surface area is 109 Å². The van der Waals surface area contributed by atoms with Crippen molar-refractivity contribution in [1.29, 1.82) is 0 Å². The fraction of sp³-hybridized carbons (Fsp3) is 0.143. The summed E-state index contributed by atoms with van der Waals surface area (Å²) >= 11 is 0. The topological polar surface area (TPSA) is 79.4 Å². The van der Waals surface area contributed by atoms with Gasteiger partial charge in [0, 0.05) is 22.4 Å². The van der Waals surface area contributed by atoms with E-state index in [1.807, 2.05) is 0 Å². The molecule has 0 unspecified atom stereocenters. The van der Waals surface area contributed by atoms with Gasteiger partial charge in [-0.15, -0.1) is 0 Å². The number of aromatic carboxylic acids is 1. The summed E-state index contributed by atoms with van der Waals surface area (Å²) < 4.78 is 4.69. The molecule has 1 aromatic carbocycles. The first-order valence-electron chi connectivity index (χ1n) is 5.65. The minimum Gasteiger partial charge on any atom is -0.477 e. The number of nitrogens with one attached hydrogen (secondary N) is 1. The second-order valence-corrected chi connectivity index (χ2v) is 3.76. The zero-order chi connectivity index (χ0) is 13.8. The summed E-state index contributed by atoms with van der Waals surface area (Å²) in [5.41, 5.74) is 1.39. The van der Waals surface area contributed by atoms with Crippen molar-refractivity contribution in [3.8, 4) is 11.8 Å². The molecule has 5 heteroatoms. The number of aromatic amines is 1. The van der Waals surface area contributed by atoms with Gasteiger partial charge in [-0.1, -0.05) is 12.0 Å². The smallest absolute Gasteiger partial charge is 0.384 e. The predicted molar refractivity (Wildman–Crippen MR) is 68.8 cm³/mol. The predicted octanol–water partition coefficient (Wildman–Crippen LogP) is 1.78. The molecule has 0 aliphatic rings. The molecule has 96 valence electrons. The molecular formula is C14H11NO4. The van der Waals surface area contributed by atoms with E-state index in [1.165, 1.54) is 0 Å². The van der Waals surface area contributed by atoms with Crippen molar-refractivity contribution in [2.75, 3.05) is 6.61 Å². The van der Waals surface area contributed by atoms with Crippen LogP contribution in [0, 0.1) is 11.8 Å². The molecule has 0 radical (unpaired) electrons. The summed E-state index contributed by atoms with van der Waals surface area (Å²) in [5.74, 6) is 3.42. The molecule has 0 saturated carbocycles. The second-order valence-electron chi connectivity index (χ2n) is 3.76. The highest BCUT2D eigenvalue weighted by molar-refractivity contribution is 5.94. The molecule has 1 aromatic heterocycles. The van der Waals surface area contributed by atoms with Gasteiger partial charge >= 0.3 is 11.9 Å². The number of carbonyl (C=O) groups is 2. The molecule has 2 rings (SSSR count). The fourth-order valence-electron chi connectivity index (χ4n) is 1.61. The third-order valence-electron chi connectivity index (χ3n) is 2.44. The Morgan fingerprint density at radius 3 is 2.84 bits per heavy atom. The van der Waals surface area contributed by atoms with E-state index >= 15 is 0 Å². The maximum absolute atomic E-state index is 11.1. The van der Waals surface area contributed by atoms with Crippen molar-refractivity contribution < 1.29 is 19.4 Å². The Bertz CT molecular complexity index is 703. The summed E-state index contributed by atoms with van der Waals surface area (Å²) in [7, 11) is 0. The summed E-state index contributed by atoms with van der Waals surface area (Å²) in [6, 6.07) is 6.69. The lowest BCUT2D eigenvalue weighted by atomic mass is 10.1. The van der Waals surface area contributed by atoms with Gasteiger partial charge in [0.15, 0.2) is 0 Å². The number of fused-ring (bicyclic) bond motifs is 1. The number of esters is 1. The van der Waals surface area contributed by atoms with E-state index in [9.17, 15) is 9.59 Å². The first-order valence-corrected chi connectivity index (χ1v) is 5.65. The zero-order valence-electron chi connectivity index (χ0n) is 10.2. The molecule has 0 bridgehead atoms. The van der Waals surface area contributed by atoms with E-state index in [4.69, 9.17) is 5.11 Å². The third-order valence-corrected chi connectivity index (χ3v) is 2.44. The Hall–Kier alpha value is -2.74. The molecule has 2 N–H and O–H groups in total. The standard InChI is InChI=1S/C14H11NO4/c1-2-19-13(16)6-4-9-3-5-10-8-12(14(17)18)15-11(10)7-9/h3,5,7-8,15H,2H2,1H3,(H,17,18). The lowest BCUT2D eigenvalue weighted by molar-refractivity contribution is -0.136. The van der Waals surface area contributed by atoms with Crippen LogP contribution in [0.1, 0.15) is 23.0 Å². The van der Waals surface area contributed by atoms with Crippen LogP contribution in [0.2, 0.25) is 0 Å². The SMILES string of the molecule is CCOC(=O)C#Cc1ccc2cc(C(=O)O)[nH]c2c1. The van der Waals surface area contributed by atoms with Crippen molar-refractivity contribution in [3.05, 3.63) is 35.5 Å². The quantitative estimate of drug-likeness (QED) is 0.635. The van der Waals surface area contributed by atoms with E-state index in [0.717, 1.165) is 5.39 Å². The van der Waals surface area contributed by atoms with Crippen LogP contribution in [-0.4, -0.2) is 28.6 Å². The van der Waals surface area contributed by atoms with Gasteiger partial charge in [-0.2, -0.15) is 0 Å². The molecule has 0 atom stereocenters. The molecule has 0 fully saturated rings. The highest BCUT2D eigenvalue weighted by atomic mass is 16.5. The van der Waals surface area contributed by atoms with Gasteiger partial charge in [-0.3, -0.25) is 0 Å². The lowest BCUT2D eigenvalue weighted by Gasteiger charge is -1.93. The molecule has 0 spiro atoms. The molecule has 1 heterocycles. The van der Waals surface area contributed by atoms with Crippen molar-refractivity contribution in [2.45, 2.75) is 6.92 Å². The molecular weight excluding hydrogens is 246 g/mol. The molecule has 0 saturated heterocycles. The number of benzene rings is 1. The summed E-state index contributed by atoms with van der Waals surface area (Å²) in [6.07, 6.45) is 0. The van der Waals surface area contributed by atoms with Crippen LogP contribution in [0.15, 0.2) is 24.3 Å². The van der Waals surface area contributed by atoms with Crippen LogP contribution in [0.4, 0.5) is 0 Å². The van der Waals surface area contributed by atoms with Crippen LogP contribution in [-0.2, 0) is 9.53 Å². The average Bonchev–Trinajstić information content (AvgIpc) is 2.80. The van der Waals surface area contributed by atoms with Crippen molar-refractivity contribution >= 4 is 22.8 Å². The Balaban J connectivity index is 2.31. The van der Waals surface area contributed by atoms with Crippen LogP contribution < -0.4 is 0 Å². The maximum Gasteiger partial charge on any atom is 0.384 e. The summed E-state index contributed by atoms with van der Waals surface area (Å²) in [4.78, 5) is 24.7. The third kappa shape index (κ3) is 2.93. The van der Waals surface area contributed by atoms with Crippen LogP contribution >= 0.6 is 0 Å². The number of ether oxygens (including phenoxy) is 1. The van der Waals surface area contributed by atoms with Crippen molar-refractivity contribution in [3.63, 3.8) is 0 Å². The van der Waals surface area contributed by atoms with E-state index in [0.29, 0.717) is 11.1 Å². The Morgan fingerprint density at radius 1 is 1.37 bits per heavy atom. The Morgan fingerprint density at radius 2 is 2.16 bits per heavy atom. The summed E-state index contributed by atoms with van der Waals surface area (Å²) in [6.45, 7) is 1.99. The van der Waals surface area contributed by atoms with Crippen LogP contribution in [0.3, 0.4) is 0 Å². The largest absolute Gasteiger partial charge is 0.477 e. The van der Waals surface area contributed by atoms with Gasteiger partial charge in [0.05, 0.1) is 6.61 Å². The second kappa shape index (κ2) is 5.27. The van der Waals surface area contributed by atoms with E-state index in [-0.39, 0.29) is 12.3 Å². The number of aromatic nitrogens is 1. The zero-order valence-corrected chi connectivity index (χ0v) is 10.2. The first kappa shape index (κ1) is 12.7. The van der Waals surface area contributed by atoms with E-state index in [1.54, 1.807) is 31.2 Å². The normalized spacial score (nSPS) is 9.74. The minimum atomic E-state index is -1.02. The van der Waals surface area contributed by atoms with Crippen molar-refractivity contribution in [2.24, 2.45) is 0 Å². The highest BCUT2D eigenvalue weighted by Gasteiger charge is 2.07. The first-order chi connectivity index (χ1) is 9.10. The lowest BCUT2D eigenvalue weighted by Crippen LogP contribution is -1.99. The number of hydrogen-bond acceptors (Lipinski definition) is 3. The Kier molecular flexibility index (Phi) is 3.53. The molecule has 5 nitrogen and oxygen atoms in total. The van der Waals surface area contributed by atoms with Gasteiger partial charge in [0.1, 0.15) is 5.69 Å². The van der Waals surface area contributed by atoms with Gasteiger partial charge in [0.25, 0.3) is 0 Å². The maximum atomic E-state index is 11.1. The summed E-state index contributed by atoms with van der Waals surface area (Å²) in [5, 5.41) is 9.65.